The normalized spacial score (nSPS) is 9.25. The van der Waals surface area contributed by atoms with E-state index in [1.165, 1.54) is 0 Å². The molecule has 0 aromatic carbocycles. The monoisotopic (exact) mass is 130 g/mol. The van der Waals surface area contributed by atoms with E-state index in [9.17, 15) is 4.55 Å². The summed E-state index contributed by atoms with van der Waals surface area (Å²) in [6.45, 7) is 6.91. The molecular weight excluding hydrogens is 120 g/mol. The maximum atomic E-state index is 10.6. The van der Waals surface area contributed by atoms with Crippen LogP contribution in [0.15, 0.2) is 25.3 Å². The molecule has 8 heavy (non-hydrogen) atoms. The maximum Gasteiger partial charge on any atom is 0.123 e. The lowest BCUT2D eigenvalue weighted by molar-refractivity contribution is 0.601. The molecule has 0 saturated heterocycles. The molecule has 0 N–H and O–H groups in total. The lowest BCUT2D eigenvalue weighted by atomic mass is 10.8. The fraction of sp³-hybridized carbons (Fsp3) is 0.333. The highest BCUT2D eigenvalue weighted by molar-refractivity contribution is 7.91. The molecule has 1 nitrogen and oxygen atoms in total. The molecule has 0 spiro atoms. The van der Waals surface area contributed by atoms with Gasteiger partial charge in [0, 0.05) is 0 Å². The second-order valence-corrected chi connectivity index (χ2v) is 2.90. The summed E-state index contributed by atoms with van der Waals surface area (Å²) in [4.78, 5) is 0. The fourth-order valence-electron chi connectivity index (χ4n) is 0.331. The smallest absolute Gasteiger partial charge is 0.123 e. The largest absolute Gasteiger partial charge is 0.616 e. The van der Waals surface area contributed by atoms with Gasteiger partial charge in [0.25, 0.3) is 0 Å². The van der Waals surface area contributed by atoms with Crippen LogP contribution in [0.1, 0.15) is 0 Å². The Morgan fingerprint density at radius 2 is 1.62 bits per heavy atom. The van der Waals surface area contributed by atoms with Crippen LogP contribution in [-0.4, -0.2) is 16.1 Å². The van der Waals surface area contributed by atoms with Gasteiger partial charge in [0.2, 0.25) is 0 Å². The van der Waals surface area contributed by atoms with Gasteiger partial charge in [-0.2, -0.15) is 0 Å². The minimum Gasteiger partial charge on any atom is -0.616 e. The van der Waals surface area contributed by atoms with Crippen LogP contribution in [0.2, 0.25) is 0 Å². The quantitative estimate of drug-likeness (QED) is 0.413. The SMILES string of the molecule is C=CC[S+]([O-])CC=C. The summed E-state index contributed by atoms with van der Waals surface area (Å²) in [6, 6.07) is 0. The van der Waals surface area contributed by atoms with Crippen molar-refractivity contribution in [1.82, 2.24) is 0 Å². The predicted molar refractivity (Wildman–Crippen MR) is 38.3 cm³/mol. The third-order valence-corrected chi connectivity index (χ3v) is 1.82. The van der Waals surface area contributed by atoms with E-state index in [4.69, 9.17) is 0 Å². The maximum absolute atomic E-state index is 10.6. The number of rotatable bonds is 4. The first-order valence-electron chi connectivity index (χ1n) is 2.38. The van der Waals surface area contributed by atoms with E-state index in [1.54, 1.807) is 12.2 Å². The zero-order valence-electron chi connectivity index (χ0n) is 4.80. The Labute approximate surface area is 53.3 Å². The minimum absolute atomic E-state index is 0.575. The van der Waals surface area contributed by atoms with E-state index in [-0.39, 0.29) is 0 Å². The topological polar surface area (TPSA) is 23.1 Å². The van der Waals surface area contributed by atoms with Crippen LogP contribution in [-0.2, 0) is 11.2 Å². The van der Waals surface area contributed by atoms with Gasteiger partial charge in [-0.25, -0.2) is 0 Å². The van der Waals surface area contributed by atoms with Gasteiger partial charge in [-0.15, -0.1) is 0 Å². The molecule has 46 valence electrons. The van der Waals surface area contributed by atoms with E-state index >= 15 is 0 Å². The van der Waals surface area contributed by atoms with Gasteiger partial charge in [0.15, 0.2) is 0 Å². The van der Waals surface area contributed by atoms with E-state index in [1.807, 2.05) is 0 Å². The Morgan fingerprint density at radius 3 is 1.88 bits per heavy atom. The standard InChI is InChI=1S/C6H10OS/c1-3-5-8(7)6-4-2/h3-4H,1-2,5-6H2. The molecule has 0 heterocycles. The lowest BCUT2D eigenvalue weighted by Gasteiger charge is -2.03. The highest BCUT2D eigenvalue weighted by atomic mass is 32.2. The summed E-state index contributed by atoms with van der Waals surface area (Å²) in [7, 11) is 0. The zero-order chi connectivity index (χ0) is 6.41. The zero-order valence-corrected chi connectivity index (χ0v) is 5.62. The van der Waals surface area contributed by atoms with Gasteiger partial charge in [0.1, 0.15) is 11.5 Å². The molecule has 0 rings (SSSR count). The summed E-state index contributed by atoms with van der Waals surface area (Å²) >= 11 is -0.756. The average Bonchev–Trinajstić information content (AvgIpc) is 1.68. The molecule has 0 aromatic rings. The highest BCUT2D eigenvalue weighted by Crippen LogP contribution is 1.89. The minimum atomic E-state index is -0.756. The van der Waals surface area contributed by atoms with E-state index in [2.05, 4.69) is 13.2 Å². The van der Waals surface area contributed by atoms with Gasteiger partial charge < -0.3 is 4.55 Å². The van der Waals surface area contributed by atoms with Crippen molar-refractivity contribution in [3.8, 4) is 0 Å². The Balaban J connectivity index is 3.16. The number of hydrogen-bond donors (Lipinski definition) is 0. The van der Waals surface area contributed by atoms with Crippen molar-refractivity contribution in [3.63, 3.8) is 0 Å². The molecule has 0 bridgehead atoms. The van der Waals surface area contributed by atoms with Crippen molar-refractivity contribution in [2.45, 2.75) is 0 Å². The van der Waals surface area contributed by atoms with Crippen LogP contribution >= 0.6 is 0 Å². The van der Waals surface area contributed by atoms with Crippen LogP contribution in [0.4, 0.5) is 0 Å². The van der Waals surface area contributed by atoms with Gasteiger partial charge in [0.05, 0.1) is 0 Å². The molecule has 0 aliphatic carbocycles. The van der Waals surface area contributed by atoms with Crippen molar-refractivity contribution in [3.05, 3.63) is 25.3 Å². The lowest BCUT2D eigenvalue weighted by Crippen LogP contribution is -2.06. The first-order valence-corrected chi connectivity index (χ1v) is 3.87. The number of hydrogen-bond acceptors (Lipinski definition) is 1. The summed E-state index contributed by atoms with van der Waals surface area (Å²) in [5.41, 5.74) is 0. The average molecular weight is 130 g/mol. The van der Waals surface area contributed by atoms with Crippen molar-refractivity contribution in [1.29, 1.82) is 0 Å². The van der Waals surface area contributed by atoms with Crippen LogP contribution < -0.4 is 0 Å². The summed E-state index contributed by atoms with van der Waals surface area (Å²) in [5, 5.41) is 0. The second-order valence-electron chi connectivity index (χ2n) is 1.35. The molecule has 0 radical (unpaired) electrons. The van der Waals surface area contributed by atoms with Crippen molar-refractivity contribution in [2.75, 3.05) is 11.5 Å². The Hall–Kier alpha value is -0.210. The molecule has 0 amide bonds. The third-order valence-electron chi connectivity index (χ3n) is 0.607. The van der Waals surface area contributed by atoms with Gasteiger partial charge >= 0.3 is 0 Å². The summed E-state index contributed by atoms with van der Waals surface area (Å²) in [5.74, 6) is 1.15. The summed E-state index contributed by atoms with van der Waals surface area (Å²) < 4.78 is 10.6. The van der Waals surface area contributed by atoms with Gasteiger partial charge in [-0.1, -0.05) is 13.2 Å². The molecule has 0 atom stereocenters. The third kappa shape index (κ3) is 3.96. The Morgan fingerprint density at radius 1 is 1.25 bits per heavy atom. The highest BCUT2D eigenvalue weighted by Gasteiger charge is 1.95. The van der Waals surface area contributed by atoms with E-state index in [0.29, 0.717) is 11.5 Å². The molecule has 0 aliphatic heterocycles. The van der Waals surface area contributed by atoms with Crippen LogP contribution in [0, 0.1) is 0 Å². The van der Waals surface area contributed by atoms with Gasteiger partial charge in [-0.05, 0) is 23.3 Å². The van der Waals surface area contributed by atoms with Crippen LogP contribution in [0.3, 0.4) is 0 Å². The van der Waals surface area contributed by atoms with E-state index in [0.717, 1.165) is 0 Å². The van der Waals surface area contributed by atoms with Crippen LogP contribution in [0.25, 0.3) is 0 Å². The first kappa shape index (κ1) is 7.79. The molecule has 0 aliphatic rings. The molecule has 0 unspecified atom stereocenters. The second kappa shape index (κ2) is 4.94. The Bertz CT molecular complexity index is 70.6. The van der Waals surface area contributed by atoms with Crippen molar-refractivity contribution in [2.24, 2.45) is 0 Å². The van der Waals surface area contributed by atoms with Crippen LogP contribution in [0.5, 0.6) is 0 Å². The fourth-order valence-corrected chi connectivity index (χ4v) is 0.993. The molecule has 2 heteroatoms. The predicted octanol–water partition coefficient (Wildman–Crippen LogP) is 1.11. The molecule has 0 aromatic heterocycles. The molecular formula is C6H10OS. The summed E-state index contributed by atoms with van der Waals surface area (Å²) in [6.07, 6.45) is 3.30. The van der Waals surface area contributed by atoms with Crippen molar-refractivity contribution >= 4 is 11.2 Å². The molecule has 0 saturated carbocycles. The van der Waals surface area contributed by atoms with E-state index < -0.39 is 11.2 Å². The first-order chi connectivity index (χ1) is 3.81. The molecule has 0 fully saturated rings. The Kier molecular flexibility index (Phi) is 4.81. The van der Waals surface area contributed by atoms with Gasteiger partial charge in [-0.3, -0.25) is 0 Å². The van der Waals surface area contributed by atoms with Crippen molar-refractivity contribution < 1.29 is 4.55 Å².